The third-order valence-electron chi connectivity index (χ3n) is 4.33. The second kappa shape index (κ2) is 8.19. The second-order valence-corrected chi connectivity index (χ2v) is 6.21. The number of nitrogens with one attached hydrogen (secondary N) is 1. The van der Waals surface area contributed by atoms with Crippen molar-refractivity contribution in [2.24, 2.45) is 5.10 Å². The van der Waals surface area contributed by atoms with Gasteiger partial charge in [-0.2, -0.15) is 5.10 Å². The van der Waals surface area contributed by atoms with E-state index < -0.39 is 0 Å². The van der Waals surface area contributed by atoms with Crippen molar-refractivity contribution in [2.45, 2.75) is 6.61 Å². The zero-order chi connectivity index (χ0) is 18.3. The van der Waals surface area contributed by atoms with Gasteiger partial charge in [-0.1, -0.05) is 78.9 Å². The highest BCUT2D eigenvalue weighted by Gasteiger charge is 2.07. The summed E-state index contributed by atoms with van der Waals surface area (Å²) in [5.74, 6) is 0.816. The molecule has 0 aromatic heterocycles. The number of hydrogen-bond acceptors (Lipinski definition) is 3. The molecule has 27 heavy (non-hydrogen) atoms. The number of fused-ring (bicyclic) bond motifs is 1. The molecule has 3 nitrogen and oxygen atoms in total. The van der Waals surface area contributed by atoms with Crippen molar-refractivity contribution in [3.63, 3.8) is 0 Å². The Morgan fingerprint density at radius 3 is 2.26 bits per heavy atom. The van der Waals surface area contributed by atoms with E-state index in [4.69, 9.17) is 4.74 Å². The number of benzene rings is 4. The van der Waals surface area contributed by atoms with E-state index in [9.17, 15) is 0 Å². The Morgan fingerprint density at radius 2 is 1.44 bits per heavy atom. The largest absolute Gasteiger partial charge is 0.488 e. The molecular weight excluding hydrogens is 332 g/mol. The molecule has 3 heteroatoms. The standard InChI is InChI=1S/C24H20N2O/c1-3-9-19(10-4-1)18-27-24-16-15-20-11-7-8-14-22(20)23(24)17-25-26-21-12-5-2-6-13-21/h1-17,26H,18H2/b25-17+. The molecule has 4 rings (SSSR count). The molecule has 0 fully saturated rings. The maximum Gasteiger partial charge on any atom is 0.129 e. The summed E-state index contributed by atoms with van der Waals surface area (Å²) < 4.78 is 6.12. The normalized spacial score (nSPS) is 11.0. The van der Waals surface area contributed by atoms with Gasteiger partial charge in [0.05, 0.1) is 11.9 Å². The third kappa shape index (κ3) is 4.15. The molecule has 1 N–H and O–H groups in total. The van der Waals surface area contributed by atoms with E-state index in [0.29, 0.717) is 6.61 Å². The molecule has 0 bridgehead atoms. The van der Waals surface area contributed by atoms with Gasteiger partial charge in [-0.05, 0) is 34.5 Å². The Morgan fingerprint density at radius 1 is 0.741 bits per heavy atom. The molecule has 0 unspecified atom stereocenters. The van der Waals surface area contributed by atoms with Crippen LogP contribution in [0.4, 0.5) is 5.69 Å². The van der Waals surface area contributed by atoms with E-state index in [1.165, 1.54) is 0 Å². The number of ether oxygens (including phenoxy) is 1. The molecule has 4 aromatic rings. The zero-order valence-electron chi connectivity index (χ0n) is 14.9. The maximum absolute atomic E-state index is 6.12. The Hall–Kier alpha value is -3.59. The molecule has 0 saturated heterocycles. The summed E-state index contributed by atoms with van der Waals surface area (Å²) in [6, 6.07) is 32.4. The Kier molecular flexibility index (Phi) is 5.11. The van der Waals surface area contributed by atoms with Crippen LogP contribution in [0.15, 0.2) is 102 Å². The van der Waals surface area contributed by atoms with Gasteiger partial charge in [0.25, 0.3) is 0 Å². The summed E-state index contributed by atoms with van der Waals surface area (Å²) in [7, 11) is 0. The second-order valence-electron chi connectivity index (χ2n) is 6.21. The fourth-order valence-electron chi connectivity index (χ4n) is 2.95. The van der Waals surface area contributed by atoms with Gasteiger partial charge in [-0.25, -0.2) is 0 Å². The van der Waals surface area contributed by atoms with Gasteiger partial charge < -0.3 is 4.74 Å². The summed E-state index contributed by atoms with van der Waals surface area (Å²) in [6.45, 7) is 0.520. The molecule has 0 saturated carbocycles. The lowest BCUT2D eigenvalue weighted by atomic mass is 10.0. The molecule has 0 radical (unpaired) electrons. The van der Waals surface area contributed by atoms with E-state index in [0.717, 1.165) is 33.3 Å². The van der Waals surface area contributed by atoms with Crippen molar-refractivity contribution in [1.82, 2.24) is 0 Å². The molecule has 0 aliphatic rings. The SMILES string of the molecule is C(=N\Nc1ccccc1)/c1c(OCc2ccccc2)ccc2ccccc12. The van der Waals surface area contributed by atoms with Crippen LogP contribution < -0.4 is 10.2 Å². The van der Waals surface area contributed by atoms with Crippen LogP contribution in [-0.4, -0.2) is 6.21 Å². The van der Waals surface area contributed by atoms with Crippen molar-refractivity contribution in [3.8, 4) is 5.75 Å². The number of rotatable bonds is 6. The van der Waals surface area contributed by atoms with Gasteiger partial charge in [0.15, 0.2) is 0 Å². The third-order valence-corrected chi connectivity index (χ3v) is 4.33. The van der Waals surface area contributed by atoms with Crippen molar-refractivity contribution in [2.75, 3.05) is 5.43 Å². The van der Waals surface area contributed by atoms with Crippen molar-refractivity contribution in [1.29, 1.82) is 0 Å². The first-order chi connectivity index (χ1) is 13.4. The van der Waals surface area contributed by atoms with E-state index in [2.05, 4.69) is 40.9 Å². The van der Waals surface area contributed by atoms with E-state index in [1.807, 2.05) is 72.9 Å². The summed E-state index contributed by atoms with van der Waals surface area (Å²) in [5, 5.41) is 6.69. The minimum atomic E-state index is 0.520. The zero-order valence-corrected chi connectivity index (χ0v) is 14.9. The first-order valence-corrected chi connectivity index (χ1v) is 8.93. The molecular formula is C24H20N2O. The summed E-state index contributed by atoms with van der Waals surface area (Å²) >= 11 is 0. The van der Waals surface area contributed by atoms with Gasteiger partial charge in [0.1, 0.15) is 12.4 Å². The van der Waals surface area contributed by atoms with Crippen LogP contribution in [0.2, 0.25) is 0 Å². The molecule has 0 amide bonds. The van der Waals surface area contributed by atoms with Crippen molar-refractivity contribution >= 4 is 22.7 Å². The molecule has 4 aromatic carbocycles. The predicted octanol–water partition coefficient (Wildman–Crippen LogP) is 5.86. The van der Waals surface area contributed by atoms with E-state index in [-0.39, 0.29) is 0 Å². The highest BCUT2D eigenvalue weighted by Crippen LogP contribution is 2.27. The van der Waals surface area contributed by atoms with Crippen molar-refractivity contribution < 1.29 is 4.74 Å². The van der Waals surface area contributed by atoms with E-state index in [1.54, 1.807) is 0 Å². The van der Waals surface area contributed by atoms with E-state index >= 15 is 0 Å². The van der Waals surface area contributed by atoms with Crippen LogP contribution in [0, 0.1) is 0 Å². The lowest BCUT2D eigenvalue weighted by molar-refractivity contribution is 0.306. The molecule has 0 atom stereocenters. The minimum Gasteiger partial charge on any atom is -0.488 e. The Bertz CT molecular complexity index is 1040. The summed E-state index contributed by atoms with van der Waals surface area (Å²) in [5.41, 5.74) is 6.12. The highest BCUT2D eigenvalue weighted by molar-refractivity contribution is 6.02. The molecule has 0 aliphatic carbocycles. The number of nitrogens with zero attached hydrogens (tertiary/aromatic N) is 1. The quantitative estimate of drug-likeness (QED) is 0.348. The number of para-hydroxylation sites is 1. The average molecular weight is 352 g/mol. The van der Waals surface area contributed by atoms with Crippen molar-refractivity contribution in [3.05, 3.63) is 108 Å². The first kappa shape index (κ1) is 16.9. The fourth-order valence-corrected chi connectivity index (χ4v) is 2.95. The Labute approximate surface area is 158 Å². The molecule has 0 heterocycles. The van der Waals surface area contributed by atoms with Gasteiger partial charge in [0, 0.05) is 5.56 Å². The van der Waals surface area contributed by atoms with Crippen LogP contribution in [0.3, 0.4) is 0 Å². The van der Waals surface area contributed by atoms with Gasteiger partial charge in [0.2, 0.25) is 0 Å². The number of hydrazone groups is 1. The van der Waals surface area contributed by atoms with Crippen LogP contribution >= 0.6 is 0 Å². The Balaban J connectivity index is 1.63. The lowest BCUT2D eigenvalue weighted by Gasteiger charge is -2.12. The van der Waals surface area contributed by atoms with Crippen LogP contribution in [0.5, 0.6) is 5.75 Å². The summed E-state index contributed by atoms with van der Waals surface area (Å²) in [4.78, 5) is 0. The topological polar surface area (TPSA) is 33.6 Å². The number of hydrogen-bond donors (Lipinski definition) is 1. The van der Waals surface area contributed by atoms with Crippen LogP contribution in [-0.2, 0) is 6.61 Å². The minimum absolute atomic E-state index is 0.520. The van der Waals surface area contributed by atoms with Gasteiger partial charge in [-0.3, -0.25) is 5.43 Å². The molecule has 0 aliphatic heterocycles. The highest BCUT2D eigenvalue weighted by atomic mass is 16.5. The molecule has 132 valence electrons. The van der Waals surface area contributed by atoms with Crippen LogP contribution in [0.1, 0.15) is 11.1 Å². The average Bonchev–Trinajstić information content (AvgIpc) is 2.74. The van der Waals surface area contributed by atoms with Crippen LogP contribution in [0.25, 0.3) is 10.8 Å². The predicted molar refractivity (Wildman–Crippen MR) is 112 cm³/mol. The first-order valence-electron chi connectivity index (χ1n) is 8.93. The van der Waals surface area contributed by atoms with Gasteiger partial charge in [-0.15, -0.1) is 0 Å². The monoisotopic (exact) mass is 352 g/mol. The fraction of sp³-hybridized carbons (Fsp3) is 0.0417. The molecule has 0 spiro atoms. The summed E-state index contributed by atoms with van der Waals surface area (Å²) in [6.07, 6.45) is 1.83. The lowest BCUT2D eigenvalue weighted by Crippen LogP contribution is -2.00. The maximum atomic E-state index is 6.12. The number of anilines is 1. The smallest absolute Gasteiger partial charge is 0.129 e. The van der Waals surface area contributed by atoms with Gasteiger partial charge >= 0.3 is 0 Å².